The molecule has 1 N–H and O–H groups in total. The molecule has 3 aromatic rings. The Morgan fingerprint density at radius 3 is 1.68 bits per heavy atom. The van der Waals surface area contributed by atoms with E-state index in [1.807, 2.05) is 52.0 Å². The van der Waals surface area contributed by atoms with Gasteiger partial charge < -0.3 is 9.05 Å². The van der Waals surface area contributed by atoms with Gasteiger partial charge in [-0.1, -0.05) is 35.9 Å². The Morgan fingerprint density at radius 1 is 0.750 bits per heavy atom. The molecule has 0 amide bonds. The highest BCUT2D eigenvalue weighted by Gasteiger charge is 2.30. The standard InChI is InChI=1S/C22H23ClNO3P/c1-15-7-5-9-21(17(15)3)26-28(25,24-20-13-11-19(23)12-14-20)27-22-10-6-8-16(2)18(22)4/h5-14H,1-4H3,(H,24,25). The van der Waals surface area contributed by atoms with Gasteiger partial charge in [0, 0.05) is 10.7 Å². The summed E-state index contributed by atoms with van der Waals surface area (Å²) in [7, 11) is -3.79. The van der Waals surface area contributed by atoms with Gasteiger partial charge in [-0.2, -0.15) is 0 Å². The highest BCUT2D eigenvalue weighted by molar-refractivity contribution is 7.56. The van der Waals surface area contributed by atoms with Gasteiger partial charge in [0.2, 0.25) is 0 Å². The van der Waals surface area contributed by atoms with E-state index in [0.717, 1.165) is 22.3 Å². The van der Waals surface area contributed by atoms with E-state index in [-0.39, 0.29) is 0 Å². The Bertz CT molecular complexity index is 977. The average molecular weight is 416 g/mol. The third-order valence-electron chi connectivity index (χ3n) is 4.66. The van der Waals surface area contributed by atoms with Crippen molar-refractivity contribution in [1.82, 2.24) is 0 Å². The Morgan fingerprint density at radius 2 is 1.21 bits per heavy atom. The molecule has 0 aromatic heterocycles. The summed E-state index contributed by atoms with van der Waals surface area (Å²) in [5.74, 6) is 1.02. The number of halogens is 1. The van der Waals surface area contributed by atoms with Crippen LogP contribution in [-0.2, 0) is 4.57 Å². The molecule has 28 heavy (non-hydrogen) atoms. The maximum atomic E-state index is 13.7. The molecule has 0 fully saturated rings. The van der Waals surface area contributed by atoms with E-state index in [2.05, 4.69) is 5.09 Å². The third kappa shape index (κ3) is 4.70. The van der Waals surface area contributed by atoms with Crippen LogP contribution in [0, 0.1) is 27.7 Å². The molecule has 0 aliphatic carbocycles. The molecular formula is C22H23ClNO3P. The van der Waals surface area contributed by atoms with E-state index in [9.17, 15) is 4.57 Å². The number of rotatable bonds is 6. The minimum Gasteiger partial charge on any atom is -0.400 e. The molecule has 3 aromatic carbocycles. The fourth-order valence-corrected chi connectivity index (χ4v) is 4.29. The number of benzene rings is 3. The van der Waals surface area contributed by atoms with Crippen LogP contribution >= 0.6 is 19.3 Å². The summed E-state index contributed by atoms with van der Waals surface area (Å²) in [6.45, 7) is 7.81. The van der Waals surface area contributed by atoms with E-state index in [1.165, 1.54) is 0 Å². The predicted molar refractivity (Wildman–Crippen MR) is 116 cm³/mol. The molecule has 0 aliphatic rings. The van der Waals surface area contributed by atoms with Crippen LogP contribution in [0.15, 0.2) is 60.7 Å². The summed E-state index contributed by atoms with van der Waals surface area (Å²) in [6.07, 6.45) is 0. The van der Waals surface area contributed by atoms with Crippen molar-refractivity contribution in [2.75, 3.05) is 5.09 Å². The van der Waals surface area contributed by atoms with E-state index in [1.54, 1.807) is 36.4 Å². The maximum Gasteiger partial charge on any atom is 0.541 e. The molecule has 0 saturated heterocycles. The van der Waals surface area contributed by atoms with Crippen molar-refractivity contribution in [2.24, 2.45) is 0 Å². The van der Waals surface area contributed by atoms with Crippen molar-refractivity contribution in [3.63, 3.8) is 0 Å². The van der Waals surface area contributed by atoms with Gasteiger partial charge in [-0.3, -0.25) is 5.09 Å². The normalized spacial score (nSPS) is 11.2. The van der Waals surface area contributed by atoms with Gasteiger partial charge in [0.25, 0.3) is 0 Å². The number of hydrogen-bond acceptors (Lipinski definition) is 3. The largest absolute Gasteiger partial charge is 0.541 e. The number of nitrogens with one attached hydrogen (secondary N) is 1. The zero-order valence-electron chi connectivity index (χ0n) is 16.3. The number of hydrogen-bond donors (Lipinski definition) is 1. The zero-order chi connectivity index (χ0) is 20.3. The second-order valence-corrected chi connectivity index (χ2v) is 8.71. The highest BCUT2D eigenvalue weighted by Crippen LogP contribution is 2.50. The van der Waals surface area contributed by atoms with Crippen molar-refractivity contribution in [2.45, 2.75) is 27.7 Å². The Labute approximate surface area is 171 Å². The van der Waals surface area contributed by atoms with Crippen molar-refractivity contribution in [1.29, 1.82) is 0 Å². The van der Waals surface area contributed by atoms with Gasteiger partial charge in [0.1, 0.15) is 11.5 Å². The number of anilines is 1. The summed E-state index contributed by atoms with van der Waals surface area (Å²) >= 11 is 5.96. The van der Waals surface area contributed by atoms with Crippen molar-refractivity contribution >= 4 is 25.0 Å². The van der Waals surface area contributed by atoms with Crippen LogP contribution in [0.25, 0.3) is 0 Å². The molecule has 0 bridgehead atoms. The van der Waals surface area contributed by atoms with E-state index in [4.69, 9.17) is 20.6 Å². The fourth-order valence-electron chi connectivity index (χ4n) is 2.65. The Kier molecular flexibility index (Phi) is 6.02. The second kappa shape index (κ2) is 8.30. The van der Waals surface area contributed by atoms with Gasteiger partial charge >= 0.3 is 7.75 Å². The lowest BCUT2D eigenvalue weighted by atomic mass is 10.1. The molecule has 0 aliphatic heterocycles. The highest BCUT2D eigenvalue weighted by atomic mass is 35.5. The maximum absolute atomic E-state index is 13.7. The molecule has 0 heterocycles. The van der Waals surface area contributed by atoms with E-state index >= 15 is 0 Å². The molecule has 0 spiro atoms. The average Bonchev–Trinajstić information content (AvgIpc) is 2.65. The predicted octanol–water partition coefficient (Wildman–Crippen LogP) is 7.25. The molecule has 0 saturated carbocycles. The number of aryl methyl sites for hydroxylation is 2. The lowest BCUT2D eigenvalue weighted by Crippen LogP contribution is -2.11. The second-order valence-electron chi connectivity index (χ2n) is 6.69. The molecular weight excluding hydrogens is 393 g/mol. The first-order valence-electron chi connectivity index (χ1n) is 8.93. The lowest BCUT2D eigenvalue weighted by Gasteiger charge is -2.23. The van der Waals surface area contributed by atoms with Crippen LogP contribution in [0.5, 0.6) is 11.5 Å². The molecule has 3 rings (SSSR count). The summed E-state index contributed by atoms with van der Waals surface area (Å²) < 4.78 is 25.6. The molecule has 0 radical (unpaired) electrons. The first-order chi connectivity index (χ1) is 13.3. The van der Waals surface area contributed by atoms with Gasteiger partial charge in [-0.15, -0.1) is 0 Å². The third-order valence-corrected chi connectivity index (χ3v) is 6.32. The van der Waals surface area contributed by atoms with Crippen LogP contribution in [0.3, 0.4) is 0 Å². The minimum atomic E-state index is -3.79. The SMILES string of the molecule is Cc1cccc(OP(=O)(Nc2ccc(Cl)cc2)Oc2cccc(C)c2C)c1C. The van der Waals surface area contributed by atoms with Crippen molar-refractivity contribution in [3.8, 4) is 11.5 Å². The topological polar surface area (TPSA) is 47.6 Å². The molecule has 146 valence electrons. The smallest absolute Gasteiger partial charge is 0.400 e. The molecule has 0 atom stereocenters. The summed E-state index contributed by atoms with van der Waals surface area (Å²) in [6, 6.07) is 18.1. The fraction of sp³-hybridized carbons (Fsp3) is 0.182. The lowest BCUT2D eigenvalue weighted by molar-refractivity contribution is 0.390. The van der Waals surface area contributed by atoms with Gasteiger partial charge in [0.05, 0.1) is 0 Å². The Hall–Kier alpha value is -2.42. The van der Waals surface area contributed by atoms with Crippen LogP contribution < -0.4 is 14.1 Å². The van der Waals surface area contributed by atoms with Crippen LogP contribution in [0.2, 0.25) is 5.02 Å². The van der Waals surface area contributed by atoms with Crippen LogP contribution in [0.4, 0.5) is 5.69 Å². The van der Waals surface area contributed by atoms with Crippen LogP contribution in [-0.4, -0.2) is 0 Å². The van der Waals surface area contributed by atoms with Crippen molar-refractivity contribution in [3.05, 3.63) is 87.9 Å². The first-order valence-corrected chi connectivity index (χ1v) is 10.8. The van der Waals surface area contributed by atoms with Gasteiger partial charge in [0.15, 0.2) is 0 Å². The molecule has 0 unspecified atom stereocenters. The first kappa shape index (κ1) is 20.3. The summed E-state index contributed by atoms with van der Waals surface area (Å²) in [5, 5.41) is 3.51. The molecule has 6 heteroatoms. The van der Waals surface area contributed by atoms with E-state index < -0.39 is 7.75 Å². The van der Waals surface area contributed by atoms with Gasteiger partial charge in [-0.05, 0) is 86.3 Å². The van der Waals surface area contributed by atoms with Crippen LogP contribution in [0.1, 0.15) is 22.3 Å². The Balaban J connectivity index is 1.99. The van der Waals surface area contributed by atoms with E-state index in [0.29, 0.717) is 22.2 Å². The molecule has 4 nitrogen and oxygen atoms in total. The van der Waals surface area contributed by atoms with Crippen molar-refractivity contribution < 1.29 is 13.6 Å². The zero-order valence-corrected chi connectivity index (χ0v) is 18.0. The minimum absolute atomic E-state index is 0.509. The van der Waals surface area contributed by atoms with Gasteiger partial charge in [-0.25, -0.2) is 4.57 Å². The summed E-state index contributed by atoms with van der Waals surface area (Å²) in [4.78, 5) is 0. The quantitative estimate of drug-likeness (QED) is 0.430. The summed E-state index contributed by atoms with van der Waals surface area (Å²) in [5.41, 5.74) is 4.49. The monoisotopic (exact) mass is 415 g/mol.